The number of thiophene rings is 1. The molecule has 1 unspecified atom stereocenters. The second-order valence-corrected chi connectivity index (χ2v) is 5.92. The third-order valence-electron chi connectivity index (χ3n) is 3.60. The summed E-state index contributed by atoms with van der Waals surface area (Å²) >= 11 is 1.68. The van der Waals surface area contributed by atoms with Gasteiger partial charge in [-0.15, -0.1) is 0 Å². The van der Waals surface area contributed by atoms with Crippen LogP contribution in [0.5, 0.6) is 5.75 Å². The highest BCUT2D eigenvalue weighted by Crippen LogP contribution is 2.38. The smallest absolute Gasteiger partial charge is 0.121 e. The summed E-state index contributed by atoms with van der Waals surface area (Å²) in [5.41, 5.74) is 2.19. The van der Waals surface area contributed by atoms with E-state index < -0.39 is 0 Å². The van der Waals surface area contributed by atoms with Crippen LogP contribution < -0.4 is 0 Å². The maximum atomic E-state index is 10.4. The van der Waals surface area contributed by atoms with Gasteiger partial charge in [-0.05, 0) is 53.3 Å². The summed E-state index contributed by atoms with van der Waals surface area (Å²) in [4.78, 5) is 2.14. The minimum Gasteiger partial charge on any atom is -0.508 e. The molecule has 1 heterocycles. The first-order valence-corrected chi connectivity index (χ1v) is 7.52. The molecule has 1 N–H and O–H groups in total. The van der Waals surface area contributed by atoms with Gasteiger partial charge in [0.05, 0.1) is 6.04 Å². The van der Waals surface area contributed by atoms with E-state index in [1.165, 1.54) is 5.56 Å². The van der Waals surface area contributed by atoms with Gasteiger partial charge in [0.1, 0.15) is 5.75 Å². The third-order valence-corrected chi connectivity index (χ3v) is 4.30. The lowest BCUT2D eigenvalue weighted by atomic mass is 9.93. The van der Waals surface area contributed by atoms with Crippen LogP contribution in [0.25, 0.3) is 10.8 Å². The van der Waals surface area contributed by atoms with E-state index in [0.29, 0.717) is 5.75 Å². The van der Waals surface area contributed by atoms with Crippen LogP contribution in [-0.2, 0) is 0 Å². The predicted octanol–water partition coefficient (Wildman–Crippen LogP) is 4.26. The molecule has 102 valence electrons. The zero-order chi connectivity index (χ0) is 14.1. The minimum atomic E-state index is 0.0624. The SMILES string of the molecule is CN(C)C(c1ccsc1)c1c(O)ccc2ccccc12. The van der Waals surface area contributed by atoms with Crippen molar-refractivity contribution in [1.29, 1.82) is 0 Å². The van der Waals surface area contributed by atoms with E-state index in [4.69, 9.17) is 0 Å². The van der Waals surface area contributed by atoms with Crippen LogP contribution in [0.4, 0.5) is 0 Å². The van der Waals surface area contributed by atoms with Crippen molar-refractivity contribution in [2.45, 2.75) is 6.04 Å². The predicted molar refractivity (Wildman–Crippen MR) is 85.5 cm³/mol. The summed E-state index contributed by atoms with van der Waals surface area (Å²) in [5.74, 6) is 0.355. The Labute approximate surface area is 122 Å². The van der Waals surface area contributed by atoms with Crippen LogP contribution in [0.2, 0.25) is 0 Å². The van der Waals surface area contributed by atoms with Crippen molar-refractivity contribution in [2.24, 2.45) is 0 Å². The maximum Gasteiger partial charge on any atom is 0.121 e. The normalized spacial score (nSPS) is 12.9. The quantitative estimate of drug-likeness (QED) is 0.776. The van der Waals surface area contributed by atoms with Gasteiger partial charge in [-0.1, -0.05) is 30.3 Å². The summed E-state index contributed by atoms with van der Waals surface area (Å²) in [7, 11) is 4.09. The Kier molecular flexibility index (Phi) is 3.47. The maximum absolute atomic E-state index is 10.4. The Balaban J connectivity index is 2.28. The Bertz CT molecular complexity index is 719. The van der Waals surface area contributed by atoms with E-state index in [1.54, 1.807) is 17.4 Å². The molecule has 0 saturated carbocycles. The van der Waals surface area contributed by atoms with Gasteiger partial charge in [-0.25, -0.2) is 0 Å². The topological polar surface area (TPSA) is 23.5 Å². The summed E-state index contributed by atoms with van der Waals surface area (Å²) in [6, 6.07) is 14.1. The lowest BCUT2D eigenvalue weighted by Crippen LogP contribution is -2.21. The first kappa shape index (κ1) is 13.2. The number of benzene rings is 2. The highest BCUT2D eigenvalue weighted by molar-refractivity contribution is 7.08. The van der Waals surface area contributed by atoms with Crippen molar-refractivity contribution in [3.8, 4) is 5.75 Å². The van der Waals surface area contributed by atoms with E-state index in [2.05, 4.69) is 33.9 Å². The lowest BCUT2D eigenvalue weighted by molar-refractivity contribution is 0.334. The molecular formula is C17H17NOS. The molecule has 0 bridgehead atoms. The van der Waals surface area contributed by atoms with Gasteiger partial charge < -0.3 is 5.11 Å². The molecule has 1 aromatic heterocycles. The molecule has 2 aromatic carbocycles. The molecule has 0 fully saturated rings. The number of rotatable bonds is 3. The Morgan fingerprint density at radius 2 is 1.85 bits per heavy atom. The molecule has 3 heteroatoms. The molecule has 0 aliphatic rings. The van der Waals surface area contributed by atoms with Crippen LogP contribution in [0.1, 0.15) is 17.2 Å². The van der Waals surface area contributed by atoms with E-state index in [-0.39, 0.29) is 6.04 Å². The average molecular weight is 283 g/mol. The minimum absolute atomic E-state index is 0.0624. The summed E-state index contributed by atoms with van der Waals surface area (Å²) in [6.45, 7) is 0. The molecular weight excluding hydrogens is 266 g/mol. The van der Waals surface area contributed by atoms with E-state index in [1.807, 2.05) is 32.3 Å². The highest BCUT2D eigenvalue weighted by Gasteiger charge is 2.22. The van der Waals surface area contributed by atoms with Gasteiger partial charge in [0.15, 0.2) is 0 Å². The molecule has 1 atom stereocenters. The summed E-state index contributed by atoms with van der Waals surface area (Å²) < 4.78 is 0. The largest absolute Gasteiger partial charge is 0.508 e. The molecule has 0 aliphatic carbocycles. The van der Waals surface area contributed by atoms with Gasteiger partial charge in [0, 0.05) is 5.56 Å². The molecule has 3 aromatic rings. The van der Waals surface area contributed by atoms with Gasteiger partial charge in [0.25, 0.3) is 0 Å². The Hall–Kier alpha value is -1.84. The summed E-state index contributed by atoms with van der Waals surface area (Å²) in [5, 5.41) is 16.9. The van der Waals surface area contributed by atoms with E-state index >= 15 is 0 Å². The van der Waals surface area contributed by atoms with Crippen LogP contribution in [0, 0.1) is 0 Å². The standard InChI is InChI=1S/C17H17NOS/c1-18(2)17(13-9-10-20-11-13)16-14-6-4-3-5-12(14)7-8-15(16)19/h3-11,17,19H,1-2H3. The molecule has 2 nitrogen and oxygen atoms in total. The van der Waals surface area contributed by atoms with Crippen LogP contribution in [0.15, 0.2) is 53.2 Å². The van der Waals surface area contributed by atoms with Crippen LogP contribution >= 0.6 is 11.3 Å². The fourth-order valence-electron chi connectivity index (χ4n) is 2.73. The molecule has 0 saturated heterocycles. The Morgan fingerprint density at radius 3 is 2.55 bits per heavy atom. The van der Waals surface area contributed by atoms with Crippen molar-refractivity contribution in [3.05, 3.63) is 64.4 Å². The molecule has 0 amide bonds. The van der Waals surface area contributed by atoms with Gasteiger partial charge >= 0.3 is 0 Å². The molecule has 0 aliphatic heterocycles. The van der Waals surface area contributed by atoms with Crippen molar-refractivity contribution < 1.29 is 5.11 Å². The zero-order valence-electron chi connectivity index (χ0n) is 11.6. The molecule has 20 heavy (non-hydrogen) atoms. The fraction of sp³-hybridized carbons (Fsp3) is 0.176. The number of fused-ring (bicyclic) bond motifs is 1. The molecule has 0 spiro atoms. The molecule has 0 radical (unpaired) electrons. The Morgan fingerprint density at radius 1 is 1.05 bits per heavy atom. The number of aromatic hydroxyl groups is 1. The second kappa shape index (κ2) is 5.27. The second-order valence-electron chi connectivity index (χ2n) is 5.14. The first-order valence-electron chi connectivity index (χ1n) is 6.57. The summed E-state index contributed by atoms with van der Waals surface area (Å²) in [6.07, 6.45) is 0. The number of phenols is 1. The van der Waals surface area contributed by atoms with E-state index in [9.17, 15) is 5.11 Å². The highest BCUT2D eigenvalue weighted by atomic mass is 32.1. The molecule has 3 rings (SSSR count). The van der Waals surface area contributed by atoms with Crippen molar-refractivity contribution in [2.75, 3.05) is 14.1 Å². The van der Waals surface area contributed by atoms with Crippen molar-refractivity contribution >= 4 is 22.1 Å². The fourth-order valence-corrected chi connectivity index (χ4v) is 3.40. The van der Waals surface area contributed by atoms with Gasteiger partial charge in [-0.3, -0.25) is 4.90 Å². The zero-order valence-corrected chi connectivity index (χ0v) is 12.4. The van der Waals surface area contributed by atoms with E-state index in [0.717, 1.165) is 16.3 Å². The van der Waals surface area contributed by atoms with Crippen LogP contribution in [0.3, 0.4) is 0 Å². The van der Waals surface area contributed by atoms with Crippen LogP contribution in [-0.4, -0.2) is 24.1 Å². The average Bonchev–Trinajstić information content (AvgIpc) is 2.95. The number of phenolic OH excluding ortho intramolecular Hbond substituents is 1. The lowest BCUT2D eigenvalue weighted by Gasteiger charge is -2.26. The number of hydrogen-bond donors (Lipinski definition) is 1. The van der Waals surface area contributed by atoms with Gasteiger partial charge in [0.2, 0.25) is 0 Å². The monoisotopic (exact) mass is 283 g/mol. The van der Waals surface area contributed by atoms with Crippen molar-refractivity contribution in [1.82, 2.24) is 4.90 Å². The van der Waals surface area contributed by atoms with Gasteiger partial charge in [-0.2, -0.15) is 11.3 Å². The number of hydrogen-bond acceptors (Lipinski definition) is 3. The first-order chi connectivity index (χ1) is 9.68. The number of nitrogens with zero attached hydrogens (tertiary/aromatic N) is 1. The third kappa shape index (κ3) is 2.19. The van der Waals surface area contributed by atoms with Crippen molar-refractivity contribution in [3.63, 3.8) is 0 Å².